The highest BCUT2D eigenvalue weighted by Gasteiger charge is 2.41. The quantitative estimate of drug-likeness (QED) is 0.0786. The summed E-state index contributed by atoms with van der Waals surface area (Å²) < 4.78 is 12.5. The Kier molecular flexibility index (Phi) is 17.6. The summed E-state index contributed by atoms with van der Waals surface area (Å²) in [5.41, 5.74) is 4.62. The molecule has 2 amide bonds. The summed E-state index contributed by atoms with van der Waals surface area (Å²) >= 11 is 13.2. The molecule has 2 saturated carbocycles. The summed E-state index contributed by atoms with van der Waals surface area (Å²) in [5, 5.41) is 18.4. The molecule has 4 unspecified atom stereocenters. The Bertz CT molecular complexity index is 2370. The number of carboxylic acids is 2. The standard InChI is InChI=1S/C25H27NO4S2.C15H16O2.C10H13NO3S2/c1-15(2)12-16-6-8-17(9-7-16)21-11-10-20(30-21)14-22-23(27)26(25(31)32-22)19-5-3-4-18(13-19)24(28)29;1-11(2)9-12-3-5-13(6-4-12)15-8-7-14(10-16)17-15;12-8-5-16-10(15)11(8)7-3-1-2-6(4-7)9(13)14/h6-11,14-15,18-19H,3-5,12-13H2,1-2H3,(H,28,29);3-8,10-11H,9H2,1-2H3;6-7H,1-5H2,(H,13,14). The van der Waals surface area contributed by atoms with Crippen molar-refractivity contribution in [3.05, 3.63) is 100 Å². The van der Waals surface area contributed by atoms with Crippen molar-refractivity contribution in [1.29, 1.82) is 0 Å². The molecule has 4 fully saturated rings. The van der Waals surface area contributed by atoms with Crippen LogP contribution in [0.2, 0.25) is 0 Å². The maximum Gasteiger partial charge on any atom is 0.306 e. The van der Waals surface area contributed by atoms with Gasteiger partial charge < -0.3 is 19.0 Å². The Morgan fingerprint density at radius 1 is 0.692 bits per heavy atom. The van der Waals surface area contributed by atoms with Gasteiger partial charge in [0, 0.05) is 29.3 Å². The van der Waals surface area contributed by atoms with Gasteiger partial charge >= 0.3 is 11.9 Å². The Morgan fingerprint density at radius 3 is 1.60 bits per heavy atom. The third-order valence-corrected chi connectivity index (χ3v) is 14.5. The number of benzene rings is 2. The van der Waals surface area contributed by atoms with E-state index in [0.717, 1.165) is 67.5 Å². The van der Waals surface area contributed by atoms with Gasteiger partial charge in [-0.25, -0.2) is 0 Å². The number of nitrogens with zero attached hydrogens (tertiary/aromatic N) is 2. The molecule has 344 valence electrons. The fourth-order valence-corrected chi connectivity index (χ4v) is 11.2. The van der Waals surface area contributed by atoms with Gasteiger partial charge in [-0.3, -0.25) is 33.8 Å². The van der Waals surface area contributed by atoms with E-state index in [9.17, 15) is 29.1 Å². The summed E-state index contributed by atoms with van der Waals surface area (Å²) in [4.78, 5) is 61.3. The second kappa shape index (κ2) is 23.1. The Labute approximate surface area is 399 Å². The molecule has 4 aromatic rings. The van der Waals surface area contributed by atoms with E-state index in [4.69, 9.17) is 38.4 Å². The molecule has 2 aliphatic heterocycles. The van der Waals surface area contributed by atoms with Crippen LogP contribution in [0, 0.1) is 23.7 Å². The van der Waals surface area contributed by atoms with Crippen molar-refractivity contribution in [3.8, 4) is 22.6 Å². The predicted molar refractivity (Wildman–Crippen MR) is 264 cm³/mol. The normalized spacial score (nSPS) is 21.7. The number of rotatable bonds is 12. The molecule has 2 aromatic heterocycles. The second-order valence-corrected chi connectivity index (χ2v) is 21.0. The highest BCUT2D eigenvalue weighted by molar-refractivity contribution is 8.26. The lowest BCUT2D eigenvalue weighted by atomic mass is 9.85. The van der Waals surface area contributed by atoms with Crippen LogP contribution < -0.4 is 0 Å². The van der Waals surface area contributed by atoms with Gasteiger partial charge in [-0.1, -0.05) is 137 Å². The highest BCUT2D eigenvalue weighted by atomic mass is 32.2. The zero-order chi connectivity index (χ0) is 46.8. The molecule has 11 nitrogen and oxygen atoms in total. The molecule has 4 aliphatic rings. The maximum atomic E-state index is 13.1. The zero-order valence-electron chi connectivity index (χ0n) is 37.1. The monoisotopic (exact) mass is 956 g/mol. The maximum absolute atomic E-state index is 13.1. The SMILES string of the molecule is CC(C)Cc1ccc(-c2ccc(C=C3SC(=S)N(C4CCCC(C(=O)O)C4)C3=O)o2)cc1.CC(C)Cc1ccc(-c2ccc(C=O)o2)cc1.O=C(O)C1CCCC(N2C(=O)CSC2=S)C1. The van der Waals surface area contributed by atoms with Crippen LogP contribution in [-0.4, -0.2) is 76.5 Å². The molecule has 4 atom stereocenters. The fraction of sp³-hybridized carbons (Fsp3) is 0.420. The zero-order valence-corrected chi connectivity index (χ0v) is 40.4. The first kappa shape index (κ1) is 49.6. The van der Waals surface area contributed by atoms with Crippen molar-refractivity contribution in [2.24, 2.45) is 23.7 Å². The average molecular weight is 957 g/mol. The molecular weight excluding hydrogens is 901 g/mol. The first-order valence-corrected chi connectivity index (χ1v) is 24.8. The number of thiocarbonyl (C=S) groups is 2. The largest absolute Gasteiger partial charge is 0.481 e. The summed E-state index contributed by atoms with van der Waals surface area (Å²) in [5.74, 6) is 1.72. The molecule has 2 N–H and O–H groups in total. The Balaban J connectivity index is 0.000000178. The molecule has 15 heteroatoms. The van der Waals surface area contributed by atoms with Gasteiger partial charge in [0.2, 0.25) is 5.91 Å². The van der Waals surface area contributed by atoms with Gasteiger partial charge in [-0.05, 0) is 98.6 Å². The number of thioether (sulfide) groups is 2. The molecule has 65 heavy (non-hydrogen) atoms. The third-order valence-electron chi connectivity index (χ3n) is 11.7. The van der Waals surface area contributed by atoms with Crippen LogP contribution >= 0.6 is 48.0 Å². The minimum absolute atomic E-state index is 0.00449. The molecular formula is C50H56N2O9S4. The smallest absolute Gasteiger partial charge is 0.306 e. The van der Waals surface area contributed by atoms with Gasteiger partial charge in [0.25, 0.3) is 5.91 Å². The number of aldehydes is 1. The molecule has 0 radical (unpaired) electrons. The van der Waals surface area contributed by atoms with Gasteiger partial charge in [0.1, 0.15) is 25.9 Å². The van der Waals surface area contributed by atoms with E-state index in [-0.39, 0.29) is 29.8 Å². The summed E-state index contributed by atoms with van der Waals surface area (Å²) in [7, 11) is 0. The number of hydrogen-bond donors (Lipinski definition) is 2. The van der Waals surface area contributed by atoms with E-state index in [1.807, 2.05) is 30.3 Å². The van der Waals surface area contributed by atoms with Crippen LogP contribution in [0.5, 0.6) is 0 Å². The van der Waals surface area contributed by atoms with Crippen molar-refractivity contribution in [1.82, 2.24) is 9.80 Å². The lowest BCUT2D eigenvalue weighted by Crippen LogP contribution is -2.42. The minimum Gasteiger partial charge on any atom is -0.481 e. The minimum atomic E-state index is -0.795. The highest BCUT2D eigenvalue weighted by Crippen LogP contribution is 2.39. The van der Waals surface area contributed by atoms with Gasteiger partial charge in [0.15, 0.2) is 12.0 Å². The molecule has 0 bridgehead atoms. The van der Waals surface area contributed by atoms with E-state index in [1.165, 1.54) is 34.7 Å². The lowest BCUT2D eigenvalue weighted by Gasteiger charge is -2.33. The fourth-order valence-electron chi connectivity index (χ4n) is 8.60. The number of carboxylic acid groups (broad SMARTS) is 2. The van der Waals surface area contributed by atoms with Crippen LogP contribution in [0.3, 0.4) is 0 Å². The molecule has 2 aliphatic carbocycles. The van der Waals surface area contributed by atoms with Gasteiger partial charge in [0.05, 0.1) is 22.5 Å². The predicted octanol–water partition coefficient (Wildman–Crippen LogP) is 11.4. The van der Waals surface area contributed by atoms with Crippen molar-refractivity contribution < 1.29 is 43.0 Å². The summed E-state index contributed by atoms with van der Waals surface area (Å²) in [6, 6.07) is 23.8. The molecule has 2 saturated heterocycles. The number of hydrogen-bond acceptors (Lipinski definition) is 11. The van der Waals surface area contributed by atoms with E-state index >= 15 is 0 Å². The first-order chi connectivity index (χ1) is 31.1. The molecule has 8 rings (SSSR count). The molecule has 2 aromatic carbocycles. The van der Waals surface area contributed by atoms with E-state index in [1.54, 1.807) is 21.9 Å². The third kappa shape index (κ3) is 13.4. The van der Waals surface area contributed by atoms with Crippen molar-refractivity contribution >= 4 is 92.7 Å². The van der Waals surface area contributed by atoms with Crippen LogP contribution in [0.25, 0.3) is 28.7 Å². The Morgan fingerprint density at radius 2 is 1.17 bits per heavy atom. The van der Waals surface area contributed by atoms with Crippen molar-refractivity contribution in [3.63, 3.8) is 0 Å². The number of amides is 2. The number of furan rings is 2. The number of carbonyl (C=O) groups excluding carboxylic acids is 3. The van der Waals surface area contributed by atoms with E-state index < -0.39 is 17.9 Å². The van der Waals surface area contributed by atoms with Crippen LogP contribution in [0.15, 0.2) is 86.5 Å². The van der Waals surface area contributed by atoms with Crippen molar-refractivity contribution in [2.45, 2.75) is 104 Å². The number of aliphatic carboxylic acids is 2. The van der Waals surface area contributed by atoms with E-state index in [2.05, 4.69) is 64.1 Å². The number of carbonyl (C=O) groups is 5. The summed E-state index contributed by atoms with van der Waals surface area (Å²) in [6.45, 7) is 8.82. The van der Waals surface area contributed by atoms with Crippen LogP contribution in [-0.2, 0) is 32.0 Å². The Hall–Kier alpha value is -4.83. The van der Waals surface area contributed by atoms with Crippen LogP contribution in [0.4, 0.5) is 0 Å². The lowest BCUT2D eigenvalue weighted by molar-refractivity contribution is -0.144. The van der Waals surface area contributed by atoms with E-state index in [0.29, 0.717) is 68.3 Å². The van der Waals surface area contributed by atoms with Crippen molar-refractivity contribution in [2.75, 3.05) is 5.75 Å². The van der Waals surface area contributed by atoms with Gasteiger partial charge in [-0.2, -0.15) is 0 Å². The molecule has 0 spiro atoms. The summed E-state index contributed by atoms with van der Waals surface area (Å²) in [6.07, 6.45) is 10.2. The topological polar surface area (TPSA) is 159 Å². The average Bonchev–Trinajstić information content (AvgIpc) is 4.09. The van der Waals surface area contributed by atoms with Crippen LogP contribution in [0.1, 0.15) is 107 Å². The van der Waals surface area contributed by atoms with Gasteiger partial charge in [-0.15, -0.1) is 0 Å². The first-order valence-electron chi connectivity index (χ1n) is 22.1. The second-order valence-electron chi connectivity index (χ2n) is 17.7. The molecule has 4 heterocycles.